The number of hydrogen-bond acceptors (Lipinski definition) is 3. The second-order valence-electron chi connectivity index (χ2n) is 6.67. The Labute approximate surface area is 170 Å². The van der Waals surface area contributed by atoms with Gasteiger partial charge in [0.25, 0.3) is 0 Å². The first-order valence-corrected chi connectivity index (χ1v) is 9.18. The first-order chi connectivity index (χ1) is 11.7. The van der Waals surface area contributed by atoms with Crippen LogP contribution in [0.4, 0.5) is 5.69 Å². The Balaban J connectivity index is 0.00000312. The van der Waals surface area contributed by atoms with Crippen LogP contribution in [0.25, 0.3) is 0 Å². The number of nitrogens with zero attached hydrogens (tertiary/aromatic N) is 3. The van der Waals surface area contributed by atoms with Gasteiger partial charge in [-0.25, -0.2) is 0 Å². The summed E-state index contributed by atoms with van der Waals surface area (Å²) in [6.07, 6.45) is 2.41. The normalized spacial score (nSPS) is 15.8. The van der Waals surface area contributed by atoms with Gasteiger partial charge in [0.05, 0.1) is 0 Å². The molecule has 0 radical (unpaired) electrons. The van der Waals surface area contributed by atoms with Gasteiger partial charge in [-0.3, -0.25) is 9.89 Å². The number of piperazine rings is 1. The van der Waals surface area contributed by atoms with Gasteiger partial charge >= 0.3 is 0 Å². The van der Waals surface area contributed by atoms with Crippen LogP contribution in [0.15, 0.2) is 35.3 Å². The number of para-hydroxylation sites is 1. The molecule has 5 nitrogen and oxygen atoms in total. The van der Waals surface area contributed by atoms with E-state index >= 15 is 0 Å². The average Bonchev–Trinajstić information content (AvgIpc) is 2.61. The van der Waals surface area contributed by atoms with Crippen molar-refractivity contribution in [2.75, 3.05) is 51.2 Å². The maximum Gasteiger partial charge on any atom is 0.191 e. The third-order valence-corrected chi connectivity index (χ3v) is 4.34. The number of benzene rings is 1. The van der Waals surface area contributed by atoms with Gasteiger partial charge < -0.3 is 15.5 Å². The van der Waals surface area contributed by atoms with E-state index in [1.165, 1.54) is 38.2 Å². The van der Waals surface area contributed by atoms with Crippen molar-refractivity contribution in [1.29, 1.82) is 0 Å². The Morgan fingerprint density at radius 3 is 2.36 bits per heavy atom. The molecule has 0 unspecified atom stereocenters. The quantitative estimate of drug-likeness (QED) is 0.285. The van der Waals surface area contributed by atoms with E-state index in [-0.39, 0.29) is 24.0 Å². The predicted octanol–water partition coefficient (Wildman–Crippen LogP) is 2.78. The Hall–Kier alpha value is -1.02. The van der Waals surface area contributed by atoms with Gasteiger partial charge in [0.2, 0.25) is 0 Å². The summed E-state index contributed by atoms with van der Waals surface area (Å²) in [5, 5.41) is 6.69. The van der Waals surface area contributed by atoms with E-state index in [0.29, 0.717) is 6.04 Å². The van der Waals surface area contributed by atoms with Crippen LogP contribution in [0.3, 0.4) is 0 Å². The van der Waals surface area contributed by atoms with Crippen molar-refractivity contribution < 1.29 is 0 Å². The molecule has 1 aromatic carbocycles. The largest absolute Gasteiger partial charge is 0.369 e. The van der Waals surface area contributed by atoms with E-state index in [4.69, 9.17) is 0 Å². The van der Waals surface area contributed by atoms with Crippen molar-refractivity contribution in [3.63, 3.8) is 0 Å². The third kappa shape index (κ3) is 8.27. The fourth-order valence-electron chi connectivity index (χ4n) is 3.00. The number of anilines is 1. The lowest BCUT2D eigenvalue weighted by Crippen LogP contribution is -2.46. The Kier molecular flexibility index (Phi) is 10.9. The Morgan fingerprint density at radius 1 is 1.08 bits per heavy atom. The van der Waals surface area contributed by atoms with E-state index in [1.807, 2.05) is 7.05 Å². The van der Waals surface area contributed by atoms with E-state index in [2.05, 4.69) is 69.6 Å². The van der Waals surface area contributed by atoms with Crippen LogP contribution in [0.5, 0.6) is 0 Å². The summed E-state index contributed by atoms with van der Waals surface area (Å²) in [5.41, 5.74) is 1.35. The van der Waals surface area contributed by atoms with E-state index in [0.717, 1.165) is 25.6 Å². The van der Waals surface area contributed by atoms with Gasteiger partial charge in [-0.15, -0.1) is 24.0 Å². The number of unbranched alkanes of at least 4 members (excludes halogenated alkanes) is 1. The topological polar surface area (TPSA) is 42.9 Å². The van der Waals surface area contributed by atoms with Crippen molar-refractivity contribution in [1.82, 2.24) is 15.5 Å². The van der Waals surface area contributed by atoms with Crippen LogP contribution >= 0.6 is 24.0 Å². The van der Waals surface area contributed by atoms with Crippen LogP contribution in [-0.2, 0) is 0 Å². The fraction of sp³-hybridized carbons (Fsp3) is 0.632. The van der Waals surface area contributed by atoms with E-state index in [9.17, 15) is 0 Å². The number of hydrogen-bond donors (Lipinski definition) is 2. The standard InChI is InChI=1S/C19H33N5.HI/c1-17(2)22-19(20-3)21-11-7-8-12-23-13-15-24(16-14-23)18-9-5-4-6-10-18;/h4-6,9-10,17H,7-8,11-16H2,1-3H3,(H2,20,21,22);1H. The minimum Gasteiger partial charge on any atom is -0.369 e. The average molecular weight is 459 g/mol. The maximum atomic E-state index is 4.23. The second-order valence-corrected chi connectivity index (χ2v) is 6.67. The highest BCUT2D eigenvalue weighted by Gasteiger charge is 2.16. The van der Waals surface area contributed by atoms with Crippen LogP contribution in [0, 0.1) is 0 Å². The fourth-order valence-corrected chi connectivity index (χ4v) is 3.00. The molecule has 1 fully saturated rings. The predicted molar refractivity (Wildman–Crippen MR) is 119 cm³/mol. The summed E-state index contributed by atoms with van der Waals surface area (Å²) in [6, 6.07) is 11.2. The minimum atomic E-state index is 0. The highest BCUT2D eigenvalue weighted by Crippen LogP contribution is 2.15. The molecule has 0 amide bonds. The van der Waals surface area contributed by atoms with Crippen molar-refractivity contribution in [3.05, 3.63) is 30.3 Å². The summed E-state index contributed by atoms with van der Waals surface area (Å²) >= 11 is 0. The molecule has 0 saturated carbocycles. The zero-order valence-corrected chi connectivity index (χ0v) is 18.2. The molecule has 0 atom stereocenters. The zero-order valence-electron chi connectivity index (χ0n) is 15.9. The van der Waals surface area contributed by atoms with Gasteiger partial charge in [0, 0.05) is 51.5 Å². The highest BCUT2D eigenvalue weighted by atomic mass is 127. The molecular formula is C19H34IN5. The molecule has 1 aliphatic rings. The number of rotatable bonds is 7. The number of halogens is 1. The van der Waals surface area contributed by atoms with Gasteiger partial charge in [-0.2, -0.15) is 0 Å². The lowest BCUT2D eigenvalue weighted by atomic mass is 10.2. The molecule has 0 aliphatic carbocycles. The maximum absolute atomic E-state index is 4.23. The summed E-state index contributed by atoms with van der Waals surface area (Å²) < 4.78 is 0. The van der Waals surface area contributed by atoms with E-state index in [1.54, 1.807) is 0 Å². The number of aliphatic imine (C=N–C) groups is 1. The number of nitrogens with one attached hydrogen (secondary N) is 2. The zero-order chi connectivity index (χ0) is 17.2. The van der Waals surface area contributed by atoms with Crippen LogP contribution in [-0.4, -0.2) is 63.2 Å². The van der Waals surface area contributed by atoms with Gasteiger partial charge in [-0.1, -0.05) is 18.2 Å². The van der Waals surface area contributed by atoms with Crippen molar-refractivity contribution in [2.45, 2.75) is 32.7 Å². The molecule has 0 spiro atoms. The minimum absolute atomic E-state index is 0. The highest BCUT2D eigenvalue weighted by molar-refractivity contribution is 14.0. The first kappa shape index (κ1) is 22.0. The molecule has 142 valence electrons. The lowest BCUT2D eigenvalue weighted by Gasteiger charge is -2.36. The first-order valence-electron chi connectivity index (χ1n) is 9.18. The summed E-state index contributed by atoms with van der Waals surface area (Å²) in [6.45, 7) is 11.0. The van der Waals surface area contributed by atoms with Crippen LogP contribution in [0.1, 0.15) is 26.7 Å². The van der Waals surface area contributed by atoms with Gasteiger partial charge in [0.1, 0.15) is 0 Å². The SMILES string of the molecule is CN=C(NCCCCN1CCN(c2ccccc2)CC1)NC(C)C.I. The molecule has 2 N–H and O–H groups in total. The van der Waals surface area contributed by atoms with Gasteiger partial charge in [-0.05, 0) is 45.4 Å². The molecule has 25 heavy (non-hydrogen) atoms. The van der Waals surface area contributed by atoms with Crippen molar-refractivity contribution in [2.24, 2.45) is 4.99 Å². The molecule has 1 aromatic rings. The lowest BCUT2D eigenvalue weighted by molar-refractivity contribution is 0.253. The van der Waals surface area contributed by atoms with E-state index < -0.39 is 0 Å². The molecule has 2 rings (SSSR count). The monoisotopic (exact) mass is 459 g/mol. The van der Waals surface area contributed by atoms with Crippen molar-refractivity contribution >= 4 is 35.6 Å². The smallest absolute Gasteiger partial charge is 0.191 e. The van der Waals surface area contributed by atoms with Crippen LogP contribution < -0.4 is 15.5 Å². The number of guanidine groups is 1. The molecule has 6 heteroatoms. The molecule has 0 bridgehead atoms. The molecule has 0 aromatic heterocycles. The molecule has 1 aliphatic heterocycles. The Bertz CT molecular complexity index is 484. The van der Waals surface area contributed by atoms with Crippen molar-refractivity contribution in [3.8, 4) is 0 Å². The Morgan fingerprint density at radius 2 is 1.76 bits per heavy atom. The summed E-state index contributed by atoms with van der Waals surface area (Å²) in [4.78, 5) is 9.30. The second kappa shape index (κ2) is 12.4. The van der Waals surface area contributed by atoms with Crippen LogP contribution in [0.2, 0.25) is 0 Å². The van der Waals surface area contributed by atoms with Gasteiger partial charge in [0.15, 0.2) is 5.96 Å². The molecule has 1 heterocycles. The summed E-state index contributed by atoms with van der Waals surface area (Å²) in [5.74, 6) is 0.904. The summed E-state index contributed by atoms with van der Waals surface area (Å²) in [7, 11) is 1.82. The molecule has 1 saturated heterocycles. The molecular weight excluding hydrogens is 425 g/mol. The third-order valence-electron chi connectivity index (χ3n) is 4.34.